The summed E-state index contributed by atoms with van der Waals surface area (Å²) in [6, 6.07) is 7.71. The van der Waals surface area contributed by atoms with Crippen molar-refractivity contribution in [3.8, 4) is 6.07 Å². The average Bonchev–Trinajstić information content (AvgIpc) is 2.70. The van der Waals surface area contributed by atoms with Gasteiger partial charge in [-0.2, -0.15) is 5.26 Å². The summed E-state index contributed by atoms with van der Waals surface area (Å²) in [4.78, 5) is 9.71. The van der Waals surface area contributed by atoms with E-state index in [1.54, 1.807) is 6.07 Å². The number of nitrogens with zero attached hydrogens (tertiary/aromatic N) is 4. The number of hydrogen-bond acceptors (Lipinski definition) is 6. The molecule has 2 aliphatic rings. The molecule has 1 aromatic rings. The summed E-state index contributed by atoms with van der Waals surface area (Å²) < 4.78 is 6.06. The lowest BCUT2D eigenvalue weighted by Crippen LogP contribution is -2.64. The molecule has 3 heterocycles. The summed E-state index contributed by atoms with van der Waals surface area (Å²) in [5.74, 6) is 1.54. The maximum Gasteiger partial charge on any atom is 0.142 e. The second kappa shape index (κ2) is 9.42. The Hall–Kier alpha value is -1.68. The highest BCUT2D eigenvalue weighted by molar-refractivity contribution is 5.39. The number of pyridine rings is 1. The standard InChI is InChI=1S/C23H37N5O/c1-19(2)8-10-27-11-13-28(14-12-27)23(9-15-29-22(3,4)17-23)18-25-21-7-5-6-20(16-24)26-21/h5-7,19H,8-15,17-18H2,1-4H3,(H,25,26). The quantitative estimate of drug-likeness (QED) is 0.758. The van der Waals surface area contributed by atoms with E-state index >= 15 is 0 Å². The summed E-state index contributed by atoms with van der Waals surface area (Å²) in [5, 5.41) is 12.7. The molecule has 0 aliphatic carbocycles. The maximum absolute atomic E-state index is 9.14. The summed E-state index contributed by atoms with van der Waals surface area (Å²) >= 11 is 0. The second-order valence-corrected chi connectivity index (χ2v) is 9.64. The minimum atomic E-state index is -0.128. The Balaban J connectivity index is 1.69. The van der Waals surface area contributed by atoms with Crippen LogP contribution in [0.2, 0.25) is 0 Å². The number of hydrogen-bond donors (Lipinski definition) is 1. The smallest absolute Gasteiger partial charge is 0.142 e. The van der Waals surface area contributed by atoms with Crippen molar-refractivity contribution in [1.29, 1.82) is 5.26 Å². The topological polar surface area (TPSA) is 64.4 Å². The van der Waals surface area contributed by atoms with Crippen LogP contribution in [0, 0.1) is 17.2 Å². The molecular formula is C23H37N5O. The van der Waals surface area contributed by atoms with Gasteiger partial charge in [0.15, 0.2) is 0 Å². The molecule has 2 saturated heterocycles. The Bertz CT molecular complexity index is 705. The number of anilines is 1. The normalized spacial score (nSPS) is 25.7. The number of piperazine rings is 1. The van der Waals surface area contributed by atoms with Crippen LogP contribution in [0.25, 0.3) is 0 Å². The molecule has 1 atom stereocenters. The van der Waals surface area contributed by atoms with Crippen LogP contribution in [-0.2, 0) is 4.74 Å². The summed E-state index contributed by atoms with van der Waals surface area (Å²) in [7, 11) is 0. The SMILES string of the molecule is CC(C)CCN1CCN(C2(CNc3cccc(C#N)n3)CCOC(C)(C)C2)CC1. The molecule has 3 rings (SSSR count). The van der Waals surface area contributed by atoms with Gasteiger partial charge in [0.2, 0.25) is 0 Å². The van der Waals surface area contributed by atoms with E-state index in [0.717, 1.165) is 63.9 Å². The minimum Gasteiger partial charge on any atom is -0.375 e. The molecule has 1 aromatic heterocycles. The fraction of sp³-hybridized carbons (Fsp3) is 0.739. The third-order valence-electron chi connectivity index (χ3n) is 6.34. The lowest BCUT2D eigenvalue weighted by atomic mass is 9.79. The van der Waals surface area contributed by atoms with Crippen molar-refractivity contribution in [3.05, 3.63) is 23.9 Å². The molecule has 2 aliphatic heterocycles. The van der Waals surface area contributed by atoms with Crippen LogP contribution in [-0.4, -0.2) is 71.8 Å². The summed E-state index contributed by atoms with van der Waals surface area (Å²) in [6.45, 7) is 16.3. The van der Waals surface area contributed by atoms with Crippen LogP contribution in [0.15, 0.2) is 18.2 Å². The van der Waals surface area contributed by atoms with E-state index in [2.05, 4.69) is 53.9 Å². The Morgan fingerprint density at radius 2 is 2.00 bits per heavy atom. The highest BCUT2D eigenvalue weighted by atomic mass is 16.5. The lowest BCUT2D eigenvalue weighted by molar-refractivity contribution is -0.123. The van der Waals surface area contributed by atoms with E-state index in [4.69, 9.17) is 10.00 Å². The largest absolute Gasteiger partial charge is 0.375 e. The monoisotopic (exact) mass is 399 g/mol. The summed E-state index contributed by atoms with van der Waals surface area (Å²) in [5.41, 5.74) is 0.377. The van der Waals surface area contributed by atoms with Crippen LogP contribution in [0.3, 0.4) is 0 Å². The number of ether oxygens (including phenoxy) is 1. The first kappa shape index (κ1) is 22.0. The molecule has 0 amide bonds. The van der Waals surface area contributed by atoms with Crippen LogP contribution in [0.1, 0.15) is 52.7 Å². The molecule has 29 heavy (non-hydrogen) atoms. The van der Waals surface area contributed by atoms with E-state index in [1.807, 2.05) is 12.1 Å². The van der Waals surface area contributed by atoms with Gasteiger partial charge in [-0.15, -0.1) is 0 Å². The first-order valence-electron chi connectivity index (χ1n) is 11.0. The minimum absolute atomic E-state index is 0.0518. The predicted molar refractivity (Wildman–Crippen MR) is 117 cm³/mol. The van der Waals surface area contributed by atoms with E-state index in [0.29, 0.717) is 5.69 Å². The summed E-state index contributed by atoms with van der Waals surface area (Å²) in [6.07, 6.45) is 3.29. The first-order chi connectivity index (χ1) is 13.8. The van der Waals surface area contributed by atoms with Crippen molar-refractivity contribution in [2.75, 3.05) is 51.2 Å². The van der Waals surface area contributed by atoms with Gasteiger partial charge in [-0.1, -0.05) is 19.9 Å². The van der Waals surface area contributed by atoms with E-state index < -0.39 is 0 Å². The maximum atomic E-state index is 9.14. The predicted octanol–water partition coefficient (Wildman–Crippen LogP) is 3.36. The third-order valence-corrected chi connectivity index (χ3v) is 6.34. The van der Waals surface area contributed by atoms with Crippen LogP contribution < -0.4 is 5.32 Å². The lowest BCUT2D eigenvalue weighted by Gasteiger charge is -2.53. The van der Waals surface area contributed by atoms with Crippen molar-refractivity contribution < 1.29 is 4.74 Å². The Morgan fingerprint density at radius 1 is 1.24 bits per heavy atom. The van der Waals surface area contributed by atoms with Crippen LogP contribution in [0.5, 0.6) is 0 Å². The van der Waals surface area contributed by atoms with E-state index in [-0.39, 0.29) is 11.1 Å². The molecule has 160 valence electrons. The molecule has 0 bridgehead atoms. The number of nitrogens with one attached hydrogen (secondary N) is 1. The molecule has 6 heteroatoms. The van der Waals surface area contributed by atoms with Crippen molar-refractivity contribution in [1.82, 2.24) is 14.8 Å². The fourth-order valence-corrected chi connectivity index (χ4v) is 4.72. The van der Waals surface area contributed by atoms with Gasteiger partial charge >= 0.3 is 0 Å². The van der Waals surface area contributed by atoms with Crippen LogP contribution in [0.4, 0.5) is 5.82 Å². The van der Waals surface area contributed by atoms with Gasteiger partial charge in [-0.05, 0) is 57.7 Å². The zero-order valence-electron chi connectivity index (χ0n) is 18.6. The molecule has 2 fully saturated rings. The Kier molecular flexibility index (Phi) is 7.15. The van der Waals surface area contributed by atoms with Crippen molar-refractivity contribution >= 4 is 5.82 Å². The zero-order valence-corrected chi connectivity index (χ0v) is 18.6. The third kappa shape index (κ3) is 5.91. The number of aromatic nitrogens is 1. The molecule has 6 nitrogen and oxygen atoms in total. The van der Waals surface area contributed by atoms with E-state index in [9.17, 15) is 0 Å². The zero-order chi connectivity index (χ0) is 20.9. The average molecular weight is 400 g/mol. The van der Waals surface area contributed by atoms with Gasteiger partial charge in [0, 0.05) is 44.9 Å². The highest BCUT2D eigenvalue weighted by Crippen LogP contribution is 2.37. The van der Waals surface area contributed by atoms with Crippen LogP contribution >= 0.6 is 0 Å². The second-order valence-electron chi connectivity index (χ2n) is 9.64. The molecule has 1 unspecified atom stereocenters. The van der Waals surface area contributed by atoms with Crippen molar-refractivity contribution in [3.63, 3.8) is 0 Å². The Morgan fingerprint density at radius 3 is 2.66 bits per heavy atom. The first-order valence-corrected chi connectivity index (χ1v) is 11.0. The fourth-order valence-electron chi connectivity index (χ4n) is 4.72. The molecule has 0 aromatic carbocycles. The Labute approximate surface area is 176 Å². The number of rotatable bonds is 7. The van der Waals surface area contributed by atoms with Gasteiger partial charge in [0.05, 0.1) is 5.60 Å². The van der Waals surface area contributed by atoms with Gasteiger partial charge < -0.3 is 15.0 Å². The highest BCUT2D eigenvalue weighted by Gasteiger charge is 2.45. The van der Waals surface area contributed by atoms with Crippen molar-refractivity contribution in [2.45, 2.75) is 58.1 Å². The van der Waals surface area contributed by atoms with Crippen molar-refractivity contribution in [2.24, 2.45) is 5.92 Å². The molecule has 0 saturated carbocycles. The molecule has 0 spiro atoms. The van der Waals surface area contributed by atoms with Gasteiger partial charge in [-0.25, -0.2) is 4.98 Å². The van der Waals surface area contributed by atoms with Gasteiger partial charge in [0.25, 0.3) is 0 Å². The van der Waals surface area contributed by atoms with Gasteiger partial charge in [0.1, 0.15) is 17.6 Å². The van der Waals surface area contributed by atoms with Gasteiger partial charge in [-0.3, -0.25) is 4.90 Å². The molecular weight excluding hydrogens is 362 g/mol. The number of nitriles is 1. The molecule has 0 radical (unpaired) electrons. The molecule has 1 N–H and O–H groups in total. The van der Waals surface area contributed by atoms with E-state index in [1.165, 1.54) is 13.0 Å².